The first-order valence-corrected chi connectivity index (χ1v) is 3.87. The molecule has 4 heteroatoms. The summed E-state index contributed by atoms with van der Waals surface area (Å²) < 4.78 is 11.1. The Morgan fingerprint density at radius 1 is 1.90 bits per heavy atom. The molecule has 0 saturated heterocycles. The Balaban J connectivity index is 4.19. The van der Waals surface area contributed by atoms with Crippen molar-refractivity contribution in [1.29, 1.82) is 0 Å². The topological polar surface area (TPSA) is 17.1 Å². The van der Waals surface area contributed by atoms with Gasteiger partial charge in [0.05, 0.1) is 0 Å². The number of ketones is 1. The number of hydrogen-bond donors (Lipinski definition) is 0. The van der Waals surface area contributed by atoms with Gasteiger partial charge in [0, 0.05) is 4.22 Å². The van der Waals surface area contributed by atoms with Crippen LogP contribution in [0.5, 0.6) is 0 Å². The fourth-order valence-corrected chi connectivity index (χ4v) is 0.820. The summed E-state index contributed by atoms with van der Waals surface area (Å²) in [6.07, 6.45) is -1.11. The Hall–Kier alpha value is 0.145. The van der Waals surface area contributed by atoms with Gasteiger partial charge in [-0.25, -0.2) is 4.39 Å². The monoisotopic (exact) mass is 206 g/mol. The van der Waals surface area contributed by atoms with E-state index in [2.05, 4.69) is 15.9 Å². The molecule has 1 nitrogen and oxygen atoms in total. The number of carbonyl (C=O) groups is 1. The highest BCUT2D eigenvalue weighted by Crippen LogP contribution is 2.21. The number of carbonyl (C=O) groups excluding carboxylic acids is 1. The van der Waals surface area contributed by atoms with Crippen molar-refractivity contribution in [3.63, 3.8) is 0 Å². The van der Waals surface area contributed by atoms with Gasteiger partial charge in [0.2, 0.25) is 0 Å². The molecule has 0 heterocycles. The molecule has 0 spiro atoms. The molecule has 0 aliphatic carbocycles. The zero-order chi connectivity index (χ0) is 8.36. The Bertz CT molecular complexity index is 136. The van der Waals surface area contributed by atoms with Gasteiger partial charge < -0.3 is 0 Å². The molecule has 2 atom stereocenters. The minimum absolute atomic E-state index is 0.389. The SMILES string of the molecule is [B]C(Br)(CC)C(=O)C(C)F. The number of Topliss-reactive ketones (excluding diaryl/α,β-unsaturated/α-hetero) is 1. The van der Waals surface area contributed by atoms with Crippen molar-refractivity contribution in [2.45, 2.75) is 30.7 Å². The van der Waals surface area contributed by atoms with Gasteiger partial charge in [0.1, 0.15) is 7.85 Å². The fourth-order valence-electron chi connectivity index (χ4n) is 0.505. The van der Waals surface area contributed by atoms with Crippen LogP contribution in [0.15, 0.2) is 0 Å². The van der Waals surface area contributed by atoms with E-state index in [-0.39, 0.29) is 0 Å². The lowest BCUT2D eigenvalue weighted by atomic mass is 9.80. The summed E-state index contributed by atoms with van der Waals surface area (Å²) in [6.45, 7) is 2.90. The maximum absolute atomic E-state index is 12.3. The van der Waals surface area contributed by atoms with Crippen LogP contribution in [-0.4, -0.2) is 24.0 Å². The van der Waals surface area contributed by atoms with Crippen molar-refractivity contribution >= 4 is 29.6 Å². The third-order valence-electron chi connectivity index (χ3n) is 1.29. The predicted molar refractivity (Wildman–Crippen MR) is 43.3 cm³/mol. The van der Waals surface area contributed by atoms with E-state index in [4.69, 9.17) is 7.85 Å². The van der Waals surface area contributed by atoms with Crippen molar-refractivity contribution in [2.75, 3.05) is 0 Å². The first-order chi connectivity index (χ1) is 4.41. The second kappa shape index (κ2) is 3.51. The van der Waals surface area contributed by atoms with Crippen LogP contribution in [0.1, 0.15) is 20.3 Å². The number of hydrogen-bond acceptors (Lipinski definition) is 1. The summed E-state index contributed by atoms with van der Waals surface area (Å²) in [6, 6.07) is 0. The summed E-state index contributed by atoms with van der Waals surface area (Å²) >= 11 is 2.94. The summed E-state index contributed by atoms with van der Waals surface area (Å²) in [5, 5.41) is 0. The second-order valence-electron chi connectivity index (χ2n) is 2.20. The highest BCUT2D eigenvalue weighted by atomic mass is 79.9. The number of rotatable bonds is 3. The Morgan fingerprint density at radius 3 is 2.40 bits per heavy atom. The van der Waals surface area contributed by atoms with Crippen LogP contribution < -0.4 is 0 Å². The van der Waals surface area contributed by atoms with Gasteiger partial charge in [-0.15, -0.1) is 0 Å². The molecule has 56 valence electrons. The van der Waals surface area contributed by atoms with Crippen LogP contribution in [-0.2, 0) is 4.79 Å². The third kappa shape index (κ3) is 2.41. The maximum Gasteiger partial charge on any atom is 0.174 e. The zero-order valence-electron chi connectivity index (χ0n) is 6.03. The van der Waals surface area contributed by atoms with Crippen LogP contribution in [0.25, 0.3) is 0 Å². The molecule has 2 unspecified atom stereocenters. The summed E-state index contributed by atoms with van der Waals surface area (Å²) in [5.74, 6) is -0.602. The van der Waals surface area contributed by atoms with Crippen molar-refractivity contribution < 1.29 is 9.18 Å². The highest BCUT2D eigenvalue weighted by Gasteiger charge is 2.30. The molecular weight excluding hydrogens is 198 g/mol. The standard InChI is InChI=1S/C6H9BBrFO/c1-3-6(7,8)5(10)4(2)9/h4H,3H2,1-2H3. The molecule has 0 amide bonds. The van der Waals surface area contributed by atoms with Crippen LogP contribution in [0, 0.1) is 0 Å². The van der Waals surface area contributed by atoms with Gasteiger partial charge in [-0.2, -0.15) is 0 Å². The summed E-state index contributed by atoms with van der Waals surface area (Å²) in [5.41, 5.74) is 0. The minimum atomic E-state index is -1.50. The van der Waals surface area contributed by atoms with E-state index >= 15 is 0 Å². The van der Waals surface area contributed by atoms with E-state index in [9.17, 15) is 9.18 Å². The molecule has 0 rings (SSSR count). The molecule has 0 saturated carbocycles. The zero-order valence-corrected chi connectivity index (χ0v) is 7.61. The Kier molecular flexibility index (Phi) is 3.56. The quantitative estimate of drug-likeness (QED) is 0.507. The van der Waals surface area contributed by atoms with Crippen molar-refractivity contribution in [3.05, 3.63) is 0 Å². The number of halogens is 2. The smallest absolute Gasteiger partial charge is 0.174 e. The molecule has 0 aliphatic rings. The number of alkyl halides is 2. The normalized spacial score (nSPS) is 19.6. The van der Waals surface area contributed by atoms with Gasteiger partial charge in [-0.3, -0.25) is 4.79 Å². The first-order valence-electron chi connectivity index (χ1n) is 3.08. The summed E-state index contributed by atoms with van der Waals surface area (Å²) in [4.78, 5) is 10.8. The van der Waals surface area contributed by atoms with E-state index in [0.717, 1.165) is 0 Å². The average molecular weight is 207 g/mol. The molecule has 0 aromatic rings. The molecule has 2 radical (unpaired) electrons. The van der Waals surface area contributed by atoms with Gasteiger partial charge in [-0.05, 0) is 13.3 Å². The fraction of sp³-hybridized carbons (Fsp3) is 0.833. The molecule has 0 bridgehead atoms. The molecule has 0 aliphatic heterocycles. The molecule has 0 aromatic carbocycles. The average Bonchev–Trinajstić information content (AvgIpc) is 1.86. The highest BCUT2D eigenvalue weighted by molar-refractivity contribution is 9.10. The Morgan fingerprint density at radius 2 is 2.30 bits per heavy atom. The molecule has 0 aromatic heterocycles. The molecule has 10 heavy (non-hydrogen) atoms. The lowest BCUT2D eigenvalue weighted by Gasteiger charge is -2.19. The van der Waals surface area contributed by atoms with E-state index in [1.54, 1.807) is 6.92 Å². The van der Waals surface area contributed by atoms with E-state index < -0.39 is 16.2 Å². The molecule has 0 N–H and O–H groups in total. The largest absolute Gasteiger partial charge is 0.296 e. The van der Waals surface area contributed by atoms with E-state index in [0.29, 0.717) is 6.42 Å². The van der Waals surface area contributed by atoms with Crippen molar-refractivity contribution in [3.8, 4) is 0 Å². The first kappa shape index (κ1) is 10.1. The lowest BCUT2D eigenvalue weighted by molar-refractivity contribution is -0.123. The third-order valence-corrected chi connectivity index (χ3v) is 2.24. The van der Waals surface area contributed by atoms with Crippen molar-refractivity contribution in [1.82, 2.24) is 0 Å². The Labute approximate surface area is 69.9 Å². The van der Waals surface area contributed by atoms with E-state index in [1.807, 2.05) is 0 Å². The predicted octanol–water partition coefficient (Wildman–Crippen LogP) is 1.58. The van der Waals surface area contributed by atoms with Crippen LogP contribution >= 0.6 is 15.9 Å². The maximum atomic E-state index is 12.3. The van der Waals surface area contributed by atoms with Gasteiger partial charge >= 0.3 is 0 Å². The van der Waals surface area contributed by atoms with Crippen molar-refractivity contribution in [2.24, 2.45) is 0 Å². The van der Waals surface area contributed by atoms with Crippen LogP contribution in [0.3, 0.4) is 0 Å². The van der Waals surface area contributed by atoms with E-state index in [1.165, 1.54) is 6.92 Å². The van der Waals surface area contributed by atoms with Gasteiger partial charge in [0.15, 0.2) is 12.0 Å². The second-order valence-corrected chi connectivity index (χ2v) is 3.61. The molecular formula is C6H9BBrFO. The lowest BCUT2D eigenvalue weighted by Crippen LogP contribution is -2.36. The van der Waals surface area contributed by atoms with Crippen LogP contribution in [0.2, 0.25) is 0 Å². The van der Waals surface area contributed by atoms with Gasteiger partial charge in [-0.1, -0.05) is 22.9 Å². The molecule has 0 fully saturated rings. The summed E-state index contributed by atoms with van der Waals surface area (Å²) in [7, 11) is 5.39. The van der Waals surface area contributed by atoms with Gasteiger partial charge in [0.25, 0.3) is 0 Å². The van der Waals surface area contributed by atoms with Crippen LogP contribution in [0.4, 0.5) is 4.39 Å². The minimum Gasteiger partial charge on any atom is -0.296 e.